The number of aromatic nitrogens is 1. The van der Waals surface area contributed by atoms with Gasteiger partial charge in [-0.15, -0.1) is 0 Å². The Labute approximate surface area is 105 Å². The van der Waals surface area contributed by atoms with Gasteiger partial charge in [0.15, 0.2) is 0 Å². The molecule has 0 unspecified atom stereocenters. The van der Waals surface area contributed by atoms with Crippen LogP contribution in [0.3, 0.4) is 0 Å². The Morgan fingerprint density at radius 3 is 2.72 bits per heavy atom. The standard InChI is InChI=1S/C15H14N2O/c1-11(17-15-8-4-5-9-16-15)14-10-12-6-2-3-7-13(12)18-14/h2-11H,1H3,(H,16,17)/t11-/m1/s1. The fourth-order valence-corrected chi connectivity index (χ4v) is 1.96. The fourth-order valence-electron chi connectivity index (χ4n) is 1.96. The van der Waals surface area contributed by atoms with E-state index in [9.17, 15) is 0 Å². The molecule has 3 heteroatoms. The minimum Gasteiger partial charge on any atom is -0.459 e. The second kappa shape index (κ2) is 4.53. The molecule has 0 saturated carbocycles. The third kappa shape index (κ3) is 2.07. The molecule has 0 bridgehead atoms. The van der Waals surface area contributed by atoms with Crippen molar-refractivity contribution in [1.82, 2.24) is 4.98 Å². The highest BCUT2D eigenvalue weighted by Crippen LogP contribution is 2.25. The van der Waals surface area contributed by atoms with Crippen LogP contribution in [-0.4, -0.2) is 4.98 Å². The van der Waals surface area contributed by atoms with Crippen LogP contribution in [0.15, 0.2) is 59.1 Å². The van der Waals surface area contributed by atoms with Crippen LogP contribution in [-0.2, 0) is 0 Å². The largest absolute Gasteiger partial charge is 0.459 e. The zero-order chi connectivity index (χ0) is 12.4. The summed E-state index contributed by atoms with van der Waals surface area (Å²) < 4.78 is 5.81. The van der Waals surface area contributed by atoms with Crippen LogP contribution in [0.1, 0.15) is 18.7 Å². The van der Waals surface area contributed by atoms with Gasteiger partial charge >= 0.3 is 0 Å². The third-order valence-corrected chi connectivity index (χ3v) is 2.90. The number of furan rings is 1. The Morgan fingerprint density at radius 1 is 1.11 bits per heavy atom. The Balaban J connectivity index is 1.86. The molecular weight excluding hydrogens is 224 g/mol. The zero-order valence-corrected chi connectivity index (χ0v) is 10.1. The molecule has 0 amide bonds. The first-order valence-electron chi connectivity index (χ1n) is 5.99. The van der Waals surface area contributed by atoms with Gasteiger partial charge in [0.05, 0.1) is 6.04 Å². The van der Waals surface area contributed by atoms with Crippen LogP contribution < -0.4 is 5.32 Å². The first kappa shape index (κ1) is 10.8. The number of pyridine rings is 1. The lowest BCUT2D eigenvalue weighted by Gasteiger charge is -2.11. The predicted molar refractivity (Wildman–Crippen MR) is 72.5 cm³/mol. The van der Waals surface area contributed by atoms with Crippen LogP contribution in [0.25, 0.3) is 11.0 Å². The van der Waals surface area contributed by atoms with Gasteiger partial charge < -0.3 is 9.73 Å². The molecule has 0 aliphatic carbocycles. The first-order chi connectivity index (χ1) is 8.83. The highest BCUT2D eigenvalue weighted by molar-refractivity contribution is 5.77. The number of hydrogen-bond acceptors (Lipinski definition) is 3. The van der Waals surface area contributed by atoms with Gasteiger partial charge in [-0.1, -0.05) is 24.3 Å². The number of anilines is 1. The van der Waals surface area contributed by atoms with E-state index < -0.39 is 0 Å². The third-order valence-electron chi connectivity index (χ3n) is 2.90. The normalized spacial score (nSPS) is 12.5. The smallest absolute Gasteiger partial charge is 0.134 e. The Morgan fingerprint density at radius 2 is 1.94 bits per heavy atom. The molecule has 0 radical (unpaired) electrons. The molecule has 3 nitrogen and oxygen atoms in total. The minimum absolute atomic E-state index is 0.0901. The maximum absolute atomic E-state index is 5.81. The monoisotopic (exact) mass is 238 g/mol. The van der Waals surface area contributed by atoms with Crippen molar-refractivity contribution in [2.75, 3.05) is 5.32 Å². The van der Waals surface area contributed by atoms with E-state index in [2.05, 4.69) is 29.4 Å². The molecule has 2 aromatic heterocycles. The van der Waals surface area contributed by atoms with Crippen molar-refractivity contribution < 1.29 is 4.42 Å². The van der Waals surface area contributed by atoms with Gasteiger partial charge in [0.2, 0.25) is 0 Å². The number of benzene rings is 1. The van der Waals surface area contributed by atoms with Gasteiger partial charge in [-0.25, -0.2) is 4.98 Å². The molecule has 0 spiro atoms. The summed E-state index contributed by atoms with van der Waals surface area (Å²) >= 11 is 0. The van der Waals surface area contributed by atoms with E-state index >= 15 is 0 Å². The van der Waals surface area contributed by atoms with Gasteiger partial charge in [-0.2, -0.15) is 0 Å². The second-order valence-electron chi connectivity index (χ2n) is 4.27. The van der Waals surface area contributed by atoms with Crippen molar-refractivity contribution in [2.24, 2.45) is 0 Å². The Hall–Kier alpha value is -2.29. The summed E-state index contributed by atoms with van der Waals surface area (Å²) in [5, 5.41) is 4.44. The molecule has 0 aliphatic heterocycles. The average Bonchev–Trinajstić information content (AvgIpc) is 2.84. The van der Waals surface area contributed by atoms with Crippen molar-refractivity contribution in [3.8, 4) is 0 Å². The van der Waals surface area contributed by atoms with Crippen molar-refractivity contribution in [3.05, 3.63) is 60.5 Å². The van der Waals surface area contributed by atoms with E-state index in [1.54, 1.807) is 6.20 Å². The maximum atomic E-state index is 5.81. The summed E-state index contributed by atoms with van der Waals surface area (Å²) in [6, 6.07) is 16.0. The van der Waals surface area contributed by atoms with Gasteiger partial charge in [-0.05, 0) is 31.2 Å². The Bertz CT molecular complexity index is 613. The molecule has 0 aliphatic rings. The van der Waals surface area contributed by atoms with E-state index in [-0.39, 0.29) is 6.04 Å². The highest BCUT2D eigenvalue weighted by atomic mass is 16.3. The maximum Gasteiger partial charge on any atom is 0.134 e. The molecule has 18 heavy (non-hydrogen) atoms. The molecular formula is C15H14N2O. The SMILES string of the molecule is C[C@@H](Nc1ccccn1)c1cc2ccccc2o1. The quantitative estimate of drug-likeness (QED) is 0.749. The topological polar surface area (TPSA) is 38.1 Å². The highest BCUT2D eigenvalue weighted by Gasteiger charge is 2.11. The number of rotatable bonds is 3. The molecule has 1 N–H and O–H groups in total. The second-order valence-corrected chi connectivity index (χ2v) is 4.27. The van der Waals surface area contributed by atoms with Crippen LogP contribution in [0, 0.1) is 0 Å². The summed E-state index contributed by atoms with van der Waals surface area (Å²) in [5.41, 5.74) is 0.919. The summed E-state index contributed by atoms with van der Waals surface area (Å²) in [7, 11) is 0. The summed E-state index contributed by atoms with van der Waals surface area (Å²) in [6.45, 7) is 2.06. The lowest BCUT2D eigenvalue weighted by molar-refractivity contribution is 0.525. The van der Waals surface area contributed by atoms with Crippen LogP contribution in [0.4, 0.5) is 5.82 Å². The lowest BCUT2D eigenvalue weighted by Crippen LogP contribution is -2.06. The first-order valence-corrected chi connectivity index (χ1v) is 5.99. The fraction of sp³-hybridized carbons (Fsp3) is 0.133. The molecule has 2 heterocycles. The van der Waals surface area contributed by atoms with Gasteiger partial charge in [0.25, 0.3) is 0 Å². The average molecular weight is 238 g/mol. The molecule has 1 aromatic carbocycles. The molecule has 1 atom stereocenters. The number of para-hydroxylation sites is 1. The van der Waals surface area contributed by atoms with Crippen LogP contribution >= 0.6 is 0 Å². The van der Waals surface area contributed by atoms with Gasteiger partial charge in [0, 0.05) is 11.6 Å². The summed E-state index contributed by atoms with van der Waals surface area (Å²) in [6.07, 6.45) is 1.77. The van der Waals surface area contributed by atoms with E-state index in [0.717, 1.165) is 22.5 Å². The van der Waals surface area contributed by atoms with E-state index in [1.165, 1.54) is 0 Å². The molecule has 3 rings (SSSR count). The predicted octanol–water partition coefficient (Wildman–Crippen LogP) is 4.00. The minimum atomic E-state index is 0.0901. The van der Waals surface area contributed by atoms with Crippen LogP contribution in [0.2, 0.25) is 0 Å². The van der Waals surface area contributed by atoms with E-state index in [1.807, 2.05) is 36.4 Å². The summed E-state index contributed by atoms with van der Waals surface area (Å²) in [4.78, 5) is 4.25. The molecule has 0 fully saturated rings. The molecule has 0 saturated heterocycles. The van der Waals surface area contributed by atoms with Crippen LogP contribution in [0.5, 0.6) is 0 Å². The number of nitrogens with one attached hydrogen (secondary N) is 1. The van der Waals surface area contributed by atoms with E-state index in [0.29, 0.717) is 0 Å². The van der Waals surface area contributed by atoms with Crippen molar-refractivity contribution in [3.63, 3.8) is 0 Å². The molecule has 3 aromatic rings. The Kier molecular flexibility index (Phi) is 2.73. The van der Waals surface area contributed by atoms with Crippen molar-refractivity contribution >= 4 is 16.8 Å². The summed E-state index contributed by atoms with van der Waals surface area (Å²) in [5.74, 6) is 1.77. The van der Waals surface area contributed by atoms with Crippen molar-refractivity contribution in [2.45, 2.75) is 13.0 Å². The number of hydrogen-bond donors (Lipinski definition) is 1. The van der Waals surface area contributed by atoms with Gasteiger partial charge in [0.1, 0.15) is 17.2 Å². The lowest BCUT2D eigenvalue weighted by atomic mass is 10.2. The number of nitrogens with zero attached hydrogens (tertiary/aromatic N) is 1. The van der Waals surface area contributed by atoms with Crippen molar-refractivity contribution in [1.29, 1.82) is 0 Å². The molecule has 90 valence electrons. The van der Waals surface area contributed by atoms with Gasteiger partial charge in [-0.3, -0.25) is 0 Å². The number of fused-ring (bicyclic) bond motifs is 1. The zero-order valence-electron chi connectivity index (χ0n) is 10.1. The van der Waals surface area contributed by atoms with E-state index in [4.69, 9.17) is 4.42 Å².